The molecule has 0 radical (unpaired) electrons. The van der Waals surface area contributed by atoms with Crippen LogP contribution in [0.15, 0.2) is 97.6 Å². The first-order chi connectivity index (χ1) is 31.5. The number of ether oxygens (including phenoxy) is 5. The van der Waals surface area contributed by atoms with E-state index in [4.69, 9.17) is 28.8 Å². The molecule has 6 aromatic rings. The maximum Gasteiger partial charge on any atom is 0.306 e. The zero-order valence-corrected chi connectivity index (χ0v) is 38.1. The van der Waals surface area contributed by atoms with Crippen LogP contribution < -0.4 is 4.74 Å². The third kappa shape index (κ3) is 13.6. The number of aliphatic hydroxyl groups is 1. The second-order valence-corrected chi connectivity index (χ2v) is 16.3. The molecule has 4 aromatic carbocycles. The molecule has 2 N–H and O–H groups in total. The molecule has 2 aliphatic carbocycles. The van der Waals surface area contributed by atoms with Crippen molar-refractivity contribution in [3.63, 3.8) is 0 Å². The number of nitrogens with zero attached hydrogens (tertiary/aromatic N) is 6. The van der Waals surface area contributed by atoms with Crippen molar-refractivity contribution in [1.82, 2.24) is 29.5 Å². The smallest absolute Gasteiger partial charge is 0.306 e. The number of benzene rings is 4. The van der Waals surface area contributed by atoms with Gasteiger partial charge in [0, 0.05) is 28.3 Å². The van der Waals surface area contributed by atoms with Crippen molar-refractivity contribution in [2.24, 2.45) is 14.1 Å². The average Bonchev–Trinajstić information content (AvgIpc) is 3.98. The number of aromatic hydroxyl groups is 1. The lowest BCUT2D eigenvalue weighted by atomic mass is 9.88. The molecule has 15 nitrogen and oxygen atoms in total. The molecule has 0 saturated carbocycles. The standard InChI is InChI=1S/C25H29N3O4.C13H15N3O3.C12H16O2.CH4/c1-28-16-26-27-25(28)23(14-24(29)31-3)18-6-9-21(10-7-18)32-15-17-4-5-20-13-22(30-2)11-8-19(20)12-17;1-16-8-14-15-13(16)11(7-12(18)19-2)9-3-5-10(17)6-4-9;1-14-12-5-4-10-6-9(8-13)2-3-11(10)7-12;/h4-7,9-10,12,16,22-23H,8,11,13-15H2,1-3H3;3-6,8,11,17H,7H2,1-2H3;2-3,6,12-13H,4-5,7-8H2,1H3;1H4/t22?,23-;11-;;/m00../s1. The van der Waals surface area contributed by atoms with Crippen LogP contribution in [0.2, 0.25) is 0 Å². The van der Waals surface area contributed by atoms with E-state index < -0.39 is 0 Å². The van der Waals surface area contributed by atoms with Crippen LogP contribution in [-0.2, 0) is 81.5 Å². The normalized spacial score (nSPS) is 15.7. The van der Waals surface area contributed by atoms with Gasteiger partial charge in [-0.25, -0.2) is 0 Å². The molecule has 0 spiro atoms. The monoisotopic (exact) mass is 904 g/mol. The zero-order valence-electron chi connectivity index (χ0n) is 38.1. The molecule has 2 unspecified atom stereocenters. The van der Waals surface area contributed by atoms with E-state index in [1.165, 1.54) is 36.5 Å². The first-order valence-electron chi connectivity index (χ1n) is 21.7. The van der Waals surface area contributed by atoms with E-state index in [0.717, 1.165) is 66.5 Å². The summed E-state index contributed by atoms with van der Waals surface area (Å²) in [6.07, 6.45) is 10.6. The molecule has 0 amide bonds. The SMILES string of the molecule is C.COC(=O)C[C@@H](c1ccc(O)cc1)c1nncn1C.COC(=O)C[C@@H](c1ccc(OCc2ccc3c(c2)CCC(OC)C3)cc1)c1nncn1C.COC1CCc2cc(CO)ccc2C1. The average molecular weight is 905 g/mol. The highest BCUT2D eigenvalue weighted by Gasteiger charge is 2.25. The van der Waals surface area contributed by atoms with Crippen molar-refractivity contribution in [1.29, 1.82) is 0 Å². The van der Waals surface area contributed by atoms with E-state index in [9.17, 15) is 14.7 Å². The van der Waals surface area contributed by atoms with Gasteiger partial charge in [-0.05, 0) is 107 Å². The second kappa shape index (κ2) is 24.8. The topological polar surface area (TPSA) is 182 Å². The van der Waals surface area contributed by atoms with Crippen LogP contribution in [0.25, 0.3) is 0 Å². The number of hydrogen-bond acceptors (Lipinski definition) is 13. The molecule has 2 heterocycles. The minimum absolute atomic E-state index is 0. The van der Waals surface area contributed by atoms with E-state index in [-0.39, 0.29) is 56.4 Å². The van der Waals surface area contributed by atoms with Crippen LogP contribution in [0, 0.1) is 0 Å². The number of aliphatic hydroxyl groups excluding tert-OH is 1. The van der Waals surface area contributed by atoms with Crippen LogP contribution in [-0.4, -0.2) is 92.3 Å². The number of phenols is 1. The highest BCUT2D eigenvalue weighted by Crippen LogP contribution is 2.31. The predicted molar refractivity (Wildman–Crippen MR) is 249 cm³/mol. The van der Waals surface area contributed by atoms with Gasteiger partial charge < -0.3 is 43.0 Å². The maximum absolute atomic E-state index is 12.0. The number of aromatic nitrogens is 6. The minimum atomic E-state index is -0.318. The Bertz CT molecular complexity index is 2450. The summed E-state index contributed by atoms with van der Waals surface area (Å²) in [6, 6.07) is 27.3. The van der Waals surface area contributed by atoms with Gasteiger partial charge in [0.1, 0.15) is 42.4 Å². The van der Waals surface area contributed by atoms with Gasteiger partial charge in [0.15, 0.2) is 0 Å². The molecule has 0 fully saturated rings. The number of hydrogen-bond donors (Lipinski definition) is 2. The molecule has 15 heteroatoms. The predicted octanol–water partition coefficient (Wildman–Crippen LogP) is 7.13. The van der Waals surface area contributed by atoms with Gasteiger partial charge in [-0.2, -0.15) is 0 Å². The fourth-order valence-corrected chi connectivity index (χ4v) is 8.24. The number of esters is 2. The zero-order chi connectivity index (χ0) is 46.3. The quantitative estimate of drug-likeness (QED) is 0.106. The van der Waals surface area contributed by atoms with E-state index in [1.54, 1.807) is 55.7 Å². The summed E-state index contributed by atoms with van der Waals surface area (Å²) in [5.41, 5.74) is 9.52. The van der Waals surface area contributed by atoms with Crippen molar-refractivity contribution in [2.75, 3.05) is 28.4 Å². The van der Waals surface area contributed by atoms with Crippen LogP contribution in [0.1, 0.15) is 101 Å². The molecule has 0 bridgehead atoms. The molecule has 66 heavy (non-hydrogen) atoms. The lowest BCUT2D eigenvalue weighted by Crippen LogP contribution is -2.21. The second-order valence-electron chi connectivity index (χ2n) is 16.3. The highest BCUT2D eigenvalue weighted by molar-refractivity contribution is 5.71. The van der Waals surface area contributed by atoms with Gasteiger partial charge in [-0.1, -0.05) is 68.1 Å². The summed E-state index contributed by atoms with van der Waals surface area (Å²) < 4.78 is 30.1. The molecule has 0 saturated heterocycles. The molecule has 4 atom stereocenters. The van der Waals surface area contributed by atoms with Crippen LogP contribution in [0.4, 0.5) is 0 Å². The van der Waals surface area contributed by atoms with E-state index in [1.807, 2.05) is 49.0 Å². The fourth-order valence-electron chi connectivity index (χ4n) is 8.24. The summed E-state index contributed by atoms with van der Waals surface area (Å²) in [4.78, 5) is 23.5. The Balaban J connectivity index is 0.000000203. The van der Waals surface area contributed by atoms with Crippen molar-refractivity contribution in [3.8, 4) is 11.5 Å². The third-order valence-corrected chi connectivity index (χ3v) is 12.1. The Morgan fingerprint density at radius 3 is 1.53 bits per heavy atom. The largest absolute Gasteiger partial charge is 0.508 e. The lowest BCUT2D eigenvalue weighted by molar-refractivity contribution is -0.141. The number of carbonyl (C=O) groups excluding carboxylic acids is 2. The minimum Gasteiger partial charge on any atom is -0.508 e. The van der Waals surface area contributed by atoms with Crippen molar-refractivity contribution in [3.05, 3.63) is 154 Å². The number of carbonyl (C=O) groups is 2. The summed E-state index contributed by atoms with van der Waals surface area (Å²) in [5, 5.41) is 34.4. The Morgan fingerprint density at radius 1 is 0.652 bits per heavy atom. The van der Waals surface area contributed by atoms with Gasteiger partial charge in [0.05, 0.1) is 57.7 Å². The van der Waals surface area contributed by atoms with E-state index in [0.29, 0.717) is 30.5 Å². The van der Waals surface area contributed by atoms with Gasteiger partial charge in [-0.15, -0.1) is 20.4 Å². The number of rotatable bonds is 14. The molecule has 2 aromatic heterocycles. The first-order valence-corrected chi connectivity index (χ1v) is 21.7. The summed E-state index contributed by atoms with van der Waals surface area (Å²) in [5.74, 6) is 1.26. The molecule has 0 aliphatic heterocycles. The van der Waals surface area contributed by atoms with Crippen LogP contribution in [0.3, 0.4) is 0 Å². The van der Waals surface area contributed by atoms with Crippen molar-refractivity contribution < 1.29 is 43.5 Å². The third-order valence-electron chi connectivity index (χ3n) is 12.1. The molecule has 8 rings (SSSR count). The van der Waals surface area contributed by atoms with Crippen LogP contribution >= 0.6 is 0 Å². The van der Waals surface area contributed by atoms with Gasteiger partial charge in [0.2, 0.25) is 0 Å². The Morgan fingerprint density at radius 2 is 1.11 bits per heavy atom. The fraction of sp³-hybridized carbons (Fsp3) is 0.412. The summed E-state index contributed by atoms with van der Waals surface area (Å²) in [7, 11) is 9.99. The number of aryl methyl sites for hydroxylation is 4. The molecule has 352 valence electrons. The van der Waals surface area contributed by atoms with Gasteiger partial charge >= 0.3 is 11.9 Å². The van der Waals surface area contributed by atoms with E-state index >= 15 is 0 Å². The Hall–Kier alpha value is -6.42. The summed E-state index contributed by atoms with van der Waals surface area (Å²) in [6.45, 7) is 0.649. The maximum atomic E-state index is 12.0. The lowest BCUT2D eigenvalue weighted by Gasteiger charge is -2.24. The van der Waals surface area contributed by atoms with Gasteiger partial charge in [-0.3, -0.25) is 9.59 Å². The van der Waals surface area contributed by atoms with Gasteiger partial charge in [0.25, 0.3) is 0 Å². The Kier molecular flexibility index (Phi) is 19.0. The molecule has 2 aliphatic rings. The number of methoxy groups -OCH3 is 4. The van der Waals surface area contributed by atoms with E-state index in [2.05, 4.69) is 50.7 Å². The highest BCUT2D eigenvalue weighted by atomic mass is 16.5. The number of fused-ring (bicyclic) bond motifs is 2. The molecular weight excluding hydrogens is 841 g/mol. The molecular formula is C51H64N6O9. The first kappa shape index (κ1) is 50.6. The number of phenolic OH excluding ortho intramolecular Hbond substituents is 1. The summed E-state index contributed by atoms with van der Waals surface area (Å²) >= 11 is 0. The van der Waals surface area contributed by atoms with Crippen LogP contribution in [0.5, 0.6) is 11.5 Å². The van der Waals surface area contributed by atoms with Crippen molar-refractivity contribution in [2.45, 2.75) is 96.1 Å². The van der Waals surface area contributed by atoms with Crippen molar-refractivity contribution >= 4 is 11.9 Å². The Labute approximate surface area is 387 Å².